The van der Waals surface area contributed by atoms with Gasteiger partial charge in [-0.2, -0.15) is 5.90 Å². The van der Waals surface area contributed by atoms with Gasteiger partial charge in [0.1, 0.15) is 0 Å². The molecule has 0 spiro atoms. The topological polar surface area (TPSA) is 35.2 Å². The van der Waals surface area contributed by atoms with Crippen molar-refractivity contribution in [3.63, 3.8) is 0 Å². The molecule has 0 radical (unpaired) electrons. The van der Waals surface area contributed by atoms with Crippen LogP contribution in [0.1, 0.15) is 61.4 Å². The van der Waals surface area contributed by atoms with Crippen molar-refractivity contribution >= 4 is 5.57 Å². The maximum atomic E-state index is 5.80. The highest BCUT2D eigenvalue weighted by Crippen LogP contribution is 2.42. The molecular weight excluding hydrogens is 342 g/mol. The van der Waals surface area contributed by atoms with E-state index in [0.29, 0.717) is 5.75 Å². The van der Waals surface area contributed by atoms with E-state index in [-0.39, 0.29) is 11.3 Å². The number of benzene rings is 3. The van der Waals surface area contributed by atoms with Crippen LogP contribution in [0.15, 0.2) is 79.4 Å². The van der Waals surface area contributed by atoms with Gasteiger partial charge in [-0.25, -0.2) is 0 Å². The first-order chi connectivity index (χ1) is 13.3. The van der Waals surface area contributed by atoms with E-state index in [9.17, 15) is 0 Å². The molecule has 0 saturated heterocycles. The summed E-state index contributed by atoms with van der Waals surface area (Å²) in [4.78, 5) is 5.47. The van der Waals surface area contributed by atoms with Crippen LogP contribution in [0, 0.1) is 0 Å². The molecule has 0 unspecified atom stereocenters. The molecule has 0 heterocycles. The van der Waals surface area contributed by atoms with Crippen LogP contribution in [0.5, 0.6) is 5.75 Å². The first kappa shape index (κ1) is 19.9. The lowest BCUT2D eigenvalue weighted by Crippen LogP contribution is -2.17. The second-order valence-electron chi connectivity index (χ2n) is 8.34. The Morgan fingerprint density at radius 1 is 0.893 bits per heavy atom. The SMILES string of the molecule is C=C(C)c1cc(C(C)(C)C)cc(C(c2ccccc2)c2ccccc2)c1ON. The lowest BCUT2D eigenvalue weighted by molar-refractivity contribution is 0.329. The van der Waals surface area contributed by atoms with Crippen LogP contribution in [0.25, 0.3) is 5.57 Å². The monoisotopic (exact) mass is 371 g/mol. The Hall–Kier alpha value is -2.84. The smallest absolute Gasteiger partial charge is 0.158 e. The Morgan fingerprint density at radius 2 is 1.39 bits per heavy atom. The summed E-state index contributed by atoms with van der Waals surface area (Å²) in [6.45, 7) is 12.8. The maximum absolute atomic E-state index is 5.80. The summed E-state index contributed by atoms with van der Waals surface area (Å²) < 4.78 is 0. The van der Waals surface area contributed by atoms with Crippen molar-refractivity contribution < 1.29 is 4.84 Å². The molecule has 144 valence electrons. The van der Waals surface area contributed by atoms with Crippen molar-refractivity contribution in [2.45, 2.75) is 39.0 Å². The maximum Gasteiger partial charge on any atom is 0.158 e. The second kappa shape index (κ2) is 8.04. The summed E-state index contributed by atoms with van der Waals surface area (Å²) in [5, 5.41) is 0. The molecule has 0 amide bonds. The van der Waals surface area contributed by atoms with E-state index in [1.807, 2.05) is 19.1 Å². The molecule has 0 aromatic heterocycles. The van der Waals surface area contributed by atoms with Gasteiger partial charge in [0.05, 0.1) is 0 Å². The van der Waals surface area contributed by atoms with E-state index in [4.69, 9.17) is 10.7 Å². The van der Waals surface area contributed by atoms with Crippen LogP contribution in [0.3, 0.4) is 0 Å². The van der Waals surface area contributed by atoms with Gasteiger partial charge in [0.15, 0.2) is 5.75 Å². The van der Waals surface area contributed by atoms with Gasteiger partial charge in [-0.1, -0.05) is 94.1 Å². The molecule has 0 bridgehead atoms. The lowest BCUT2D eigenvalue weighted by atomic mass is 9.78. The predicted octanol–water partition coefficient (Wildman–Crippen LogP) is 6.45. The number of rotatable bonds is 5. The predicted molar refractivity (Wildman–Crippen MR) is 118 cm³/mol. The Morgan fingerprint density at radius 3 is 1.79 bits per heavy atom. The highest BCUT2D eigenvalue weighted by molar-refractivity contribution is 5.71. The molecular formula is C26H29NO. The van der Waals surface area contributed by atoms with Crippen molar-refractivity contribution in [3.05, 3.63) is 107 Å². The molecule has 0 fully saturated rings. The number of hydrogen-bond donors (Lipinski definition) is 1. The fraction of sp³-hybridized carbons (Fsp3) is 0.231. The first-order valence-electron chi connectivity index (χ1n) is 9.64. The van der Waals surface area contributed by atoms with Gasteiger partial charge in [-0.05, 0) is 40.7 Å². The van der Waals surface area contributed by atoms with E-state index >= 15 is 0 Å². The highest BCUT2D eigenvalue weighted by Gasteiger charge is 2.26. The van der Waals surface area contributed by atoms with Crippen molar-refractivity contribution in [1.82, 2.24) is 0 Å². The molecule has 28 heavy (non-hydrogen) atoms. The van der Waals surface area contributed by atoms with E-state index in [2.05, 4.69) is 88.0 Å². The van der Waals surface area contributed by atoms with Crippen LogP contribution >= 0.6 is 0 Å². The van der Waals surface area contributed by atoms with Crippen LogP contribution in [-0.2, 0) is 5.41 Å². The van der Waals surface area contributed by atoms with Crippen molar-refractivity contribution in [1.29, 1.82) is 0 Å². The summed E-state index contributed by atoms with van der Waals surface area (Å²) >= 11 is 0. The Bertz CT molecular complexity index is 913. The molecule has 3 aromatic carbocycles. The molecule has 0 aliphatic heterocycles. The van der Waals surface area contributed by atoms with Gasteiger partial charge >= 0.3 is 0 Å². The van der Waals surface area contributed by atoms with Gasteiger partial charge < -0.3 is 4.84 Å². The zero-order valence-electron chi connectivity index (χ0n) is 17.2. The number of hydrogen-bond acceptors (Lipinski definition) is 2. The third kappa shape index (κ3) is 4.02. The normalized spacial score (nSPS) is 11.5. The molecule has 0 aliphatic carbocycles. The zero-order chi connectivity index (χ0) is 20.3. The van der Waals surface area contributed by atoms with Gasteiger partial charge in [-0.15, -0.1) is 0 Å². The van der Waals surface area contributed by atoms with Gasteiger partial charge in [-0.3, -0.25) is 0 Å². The third-order valence-corrected chi connectivity index (χ3v) is 5.14. The minimum Gasteiger partial charge on any atom is -0.411 e. The van der Waals surface area contributed by atoms with Crippen LogP contribution in [0.2, 0.25) is 0 Å². The van der Waals surface area contributed by atoms with E-state index in [0.717, 1.165) is 16.7 Å². The molecule has 3 rings (SSSR count). The van der Waals surface area contributed by atoms with Crippen molar-refractivity contribution in [3.8, 4) is 5.75 Å². The van der Waals surface area contributed by atoms with Crippen molar-refractivity contribution in [2.24, 2.45) is 5.90 Å². The van der Waals surface area contributed by atoms with Crippen LogP contribution in [0.4, 0.5) is 0 Å². The molecule has 3 aromatic rings. The number of nitrogens with two attached hydrogens (primary N) is 1. The lowest BCUT2D eigenvalue weighted by Gasteiger charge is -2.27. The summed E-state index contributed by atoms with van der Waals surface area (Å²) in [6, 6.07) is 25.4. The molecule has 0 aliphatic rings. The molecule has 0 atom stereocenters. The summed E-state index contributed by atoms with van der Waals surface area (Å²) in [7, 11) is 0. The minimum absolute atomic E-state index is 0.00992. The van der Waals surface area contributed by atoms with Crippen LogP contribution < -0.4 is 10.7 Å². The summed E-state index contributed by atoms with van der Waals surface area (Å²) in [5.74, 6) is 6.51. The van der Waals surface area contributed by atoms with Gasteiger partial charge in [0.25, 0.3) is 0 Å². The Balaban J connectivity index is 2.36. The third-order valence-electron chi connectivity index (χ3n) is 5.14. The van der Waals surface area contributed by atoms with Crippen molar-refractivity contribution in [2.75, 3.05) is 0 Å². The summed E-state index contributed by atoms with van der Waals surface area (Å²) in [6.07, 6.45) is 0. The fourth-order valence-electron chi connectivity index (χ4n) is 3.59. The van der Waals surface area contributed by atoms with E-state index in [1.54, 1.807) is 0 Å². The van der Waals surface area contributed by atoms with Crippen LogP contribution in [-0.4, -0.2) is 0 Å². The van der Waals surface area contributed by atoms with E-state index in [1.165, 1.54) is 16.7 Å². The van der Waals surface area contributed by atoms with Gasteiger partial charge in [0, 0.05) is 17.0 Å². The molecule has 2 nitrogen and oxygen atoms in total. The molecule has 2 heteroatoms. The first-order valence-corrected chi connectivity index (χ1v) is 9.64. The standard InChI is InChI=1S/C26H29NO/c1-18(2)22-16-21(26(3,4)5)17-23(25(22)28-27)24(19-12-8-6-9-13-19)20-14-10-7-11-15-20/h6-17,24H,1,27H2,2-5H3. The molecule has 2 N–H and O–H groups in total. The fourth-order valence-corrected chi connectivity index (χ4v) is 3.59. The number of allylic oxidation sites excluding steroid dienone is 1. The average Bonchev–Trinajstić information content (AvgIpc) is 2.68. The zero-order valence-corrected chi connectivity index (χ0v) is 17.2. The Labute approximate surface area is 168 Å². The highest BCUT2D eigenvalue weighted by atomic mass is 16.6. The van der Waals surface area contributed by atoms with E-state index < -0.39 is 0 Å². The minimum atomic E-state index is -0.00992. The quantitative estimate of drug-likeness (QED) is 0.413. The molecule has 0 saturated carbocycles. The summed E-state index contributed by atoms with van der Waals surface area (Å²) in [5.41, 5.74) is 6.58. The largest absolute Gasteiger partial charge is 0.411 e. The average molecular weight is 372 g/mol. The Kier molecular flexibility index (Phi) is 5.71. The second-order valence-corrected chi connectivity index (χ2v) is 8.34. The van der Waals surface area contributed by atoms with Gasteiger partial charge in [0.2, 0.25) is 0 Å².